The van der Waals surface area contributed by atoms with Gasteiger partial charge in [-0.05, 0) is 87.2 Å². The van der Waals surface area contributed by atoms with Crippen LogP contribution < -0.4 is 10.1 Å². The third-order valence-corrected chi connectivity index (χ3v) is 7.97. The Morgan fingerprint density at radius 3 is 2.39 bits per heavy atom. The third kappa shape index (κ3) is 6.16. The molecule has 208 valence electrons. The lowest BCUT2D eigenvalue weighted by Crippen LogP contribution is -2.49. The molecule has 0 aromatic heterocycles. The van der Waals surface area contributed by atoms with E-state index in [1.807, 2.05) is 11.0 Å². The molecule has 2 fully saturated rings. The third-order valence-electron chi connectivity index (χ3n) is 7.97. The second-order valence-electron chi connectivity index (χ2n) is 10.3. The molecule has 2 aliphatic heterocycles. The SMILES string of the molecule is COCCCNCCOc1ccc([C@H](C)N2C[C@@H]3C[C@H]2CN3C(=O)c2ccc(C(F)(F)F)cc2)c(C)c1C. The first-order valence-electron chi connectivity index (χ1n) is 13.3. The highest BCUT2D eigenvalue weighted by molar-refractivity contribution is 5.94. The number of benzene rings is 2. The van der Waals surface area contributed by atoms with E-state index in [-0.39, 0.29) is 24.0 Å². The lowest BCUT2D eigenvalue weighted by atomic mass is 9.96. The summed E-state index contributed by atoms with van der Waals surface area (Å²) >= 11 is 0. The lowest BCUT2D eigenvalue weighted by molar-refractivity contribution is -0.137. The Hall–Kier alpha value is -2.62. The van der Waals surface area contributed by atoms with E-state index in [1.54, 1.807) is 7.11 Å². The summed E-state index contributed by atoms with van der Waals surface area (Å²) in [4.78, 5) is 17.3. The maximum Gasteiger partial charge on any atom is 0.416 e. The minimum atomic E-state index is -4.41. The normalized spacial score (nSPS) is 20.2. The number of carbonyl (C=O) groups is 1. The molecular weight excluding hydrogens is 495 g/mol. The molecule has 2 aromatic rings. The molecule has 2 saturated heterocycles. The quantitative estimate of drug-likeness (QED) is 0.413. The summed E-state index contributed by atoms with van der Waals surface area (Å²) < 4.78 is 49.7. The maximum absolute atomic E-state index is 13.1. The van der Waals surface area contributed by atoms with Crippen LogP contribution in [0.15, 0.2) is 36.4 Å². The Balaban J connectivity index is 1.33. The van der Waals surface area contributed by atoms with Gasteiger partial charge in [-0.2, -0.15) is 13.2 Å². The van der Waals surface area contributed by atoms with Gasteiger partial charge in [0.15, 0.2) is 0 Å². The first-order valence-corrected chi connectivity index (χ1v) is 13.3. The van der Waals surface area contributed by atoms with Gasteiger partial charge in [0.1, 0.15) is 12.4 Å². The van der Waals surface area contributed by atoms with Gasteiger partial charge in [0.2, 0.25) is 0 Å². The molecule has 1 amide bonds. The number of fused-ring (bicyclic) bond motifs is 2. The van der Waals surface area contributed by atoms with E-state index in [9.17, 15) is 18.0 Å². The van der Waals surface area contributed by atoms with Gasteiger partial charge in [-0.1, -0.05) is 6.07 Å². The zero-order valence-corrected chi connectivity index (χ0v) is 22.6. The number of rotatable bonds is 11. The zero-order chi connectivity index (χ0) is 27.4. The molecule has 9 heteroatoms. The molecule has 2 aromatic carbocycles. The van der Waals surface area contributed by atoms with Crippen molar-refractivity contribution in [3.63, 3.8) is 0 Å². The zero-order valence-electron chi connectivity index (χ0n) is 22.6. The van der Waals surface area contributed by atoms with E-state index < -0.39 is 11.7 Å². The van der Waals surface area contributed by atoms with Crippen LogP contribution in [0.5, 0.6) is 5.75 Å². The minimum Gasteiger partial charge on any atom is -0.492 e. The molecule has 6 nitrogen and oxygen atoms in total. The first kappa shape index (κ1) is 28.4. The predicted molar refractivity (Wildman–Crippen MR) is 141 cm³/mol. The fourth-order valence-corrected chi connectivity index (χ4v) is 5.69. The number of halogens is 3. The van der Waals surface area contributed by atoms with Crippen LogP contribution in [0.4, 0.5) is 13.2 Å². The highest BCUT2D eigenvalue weighted by atomic mass is 19.4. The van der Waals surface area contributed by atoms with Crippen LogP contribution in [0.3, 0.4) is 0 Å². The topological polar surface area (TPSA) is 54.0 Å². The molecule has 38 heavy (non-hydrogen) atoms. The number of amides is 1. The monoisotopic (exact) mass is 533 g/mol. The summed E-state index contributed by atoms with van der Waals surface area (Å²) in [6.45, 7) is 10.8. The van der Waals surface area contributed by atoms with Crippen molar-refractivity contribution in [3.05, 3.63) is 64.2 Å². The van der Waals surface area contributed by atoms with Crippen molar-refractivity contribution in [3.8, 4) is 5.75 Å². The molecule has 2 bridgehead atoms. The summed E-state index contributed by atoms with van der Waals surface area (Å²) in [6, 6.07) is 9.20. The molecule has 4 rings (SSSR count). The van der Waals surface area contributed by atoms with Crippen molar-refractivity contribution in [1.82, 2.24) is 15.1 Å². The fraction of sp³-hybridized carbons (Fsp3) is 0.552. The highest BCUT2D eigenvalue weighted by Gasteiger charge is 2.47. The van der Waals surface area contributed by atoms with Crippen LogP contribution in [0.1, 0.15) is 58.4 Å². The number of nitrogens with one attached hydrogen (secondary N) is 1. The number of likely N-dealkylation sites (tertiary alicyclic amines) is 2. The Kier molecular flexibility index (Phi) is 9.00. The smallest absolute Gasteiger partial charge is 0.416 e. The van der Waals surface area contributed by atoms with Gasteiger partial charge in [-0.15, -0.1) is 0 Å². The Labute approximate surface area is 223 Å². The van der Waals surface area contributed by atoms with Crippen molar-refractivity contribution in [2.75, 3.05) is 46.5 Å². The number of alkyl halides is 3. The number of hydrogen-bond acceptors (Lipinski definition) is 5. The van der Waals surface area contributed by atoms with Gasteiger partial charge in [-0.3, -0.25) is 9.69 Å². The van der Waals surface area contributed by atoms with Crippen molar-refractivity contribution in [2.45, 2.75) is 57.9 Å². The van der Waals surface area contributed by atoms with E-state index in [0.29, 0.717) is 18.7 Å². The van der Waals surface area contributed by atoms with Crippen LogP contribution in [0, 0.1) is 13.8 Å². The number of nitrogens with zero attached hydrogens (tertiary/aromatic N) is 2. The summed E-state index contributed by atoms with van der Waals surface area (Å²) in [7, 11) is 1.70. The maximum atomic E-state index is 13.1. The largest absolute Gasteiger partial charge is 0.492 e. The van der Waals surface area contributed by atoms with E-state index in [4.69, 9.17) is 9.47 Å². The van der Waals surface area contributed by atoms with Crippen LogP contribution in [0.2, 0.25) is 0 Å². The van der Waals surface area contributed by atoms with E-state index in [1.165, 1.54) is 23.3 Å². The number of carbonyl (C=O) groups excluding carboxylic acids is 1. The number of ether oxygens (including phenoxy) is 2. The standard InChI is InChI=1S/C29H38F3N3O3/c1-19-20(2)27(38-15-13-33-12-5-14-37-4)11-10-26(19)21(3)34-17-25-16-24(34)18-35(25)28(36)22-6-8-23(9-7-22)29(30,31)32/h6-11,21,24-25,33H,5,12-18H2,1-4H3/t21-,24-,25-/m0/s1. The second-order valence-corrected chi connectivity index (χ2v) is 10.3. The molecule has 0 aliphatic carbocycles. The van der Waals surface area contributed by atoms with Crippen LogP contribution in [-0.2, 0) is 10.9 Å². The molecule has 3 atom stereocenters. The van der Waals surface area contributed by atoms with Crippen LogP contribution in [0.25, 0.3) is 0 Å². The van der Waals surface area contributed by atoms with Gasteiger partial charge in [0.05, 0.1) is 5.56 Å². The van der Waals surface area contributed by atoms with Crippen molar-refractivity contribution < 1.29 is 27.4 Å². The van der Waals surface area contributed by atoms with E-state index >= 15 is 0 Å². The van der Waals surface area contributed by atoms with E-state index in [0.717, 1.165) is 62.5 Å². The van der Waals surface area contributed by atoms with Crippen molar-refractivity contribution in [2.24, 2.45) is 0 Å². The lowest BCUT2D eigenvalue weighted by Gasteiger charge is -2.38. The van der Waals surface area contributed by atoms with Gasteiger partial charge in [0, 0.05) is 57.0 Å². The van der Waals surface area contributed by atoms with Crippen molar-refractivity contribution >= 4 is 5.91 Å². The van der Waals surface area contributed by atoms with Gasteiger partial charge in [-0.25, -0.2) is 0 Å². The summed E-state index contributed by atoms with van der Waals surface area (Å²) in [5, 5.41) is 3.35. The first-order chi connectivity index (χ1) is 18.1. The van der Waals surface area contributed by atoms with Crippen molar-refractivity contribution in [1.29, 1.82) is 0 Å². The molecule has 0 saturated carbocycles. The van der Waals surface area contributed by atoms with Gasteiger partial charge >= 0.3 is 6.18 Å². The number of piperazine rings is 1. The molecular formula is C29H38F3N3O3. The minimum absolute atomic E-state index is 0.0673. The average molecular weight is 534 g/mol. The summed E-state index contributed by atoms with van der Waals surface area (Å²) in [5.74, 6) is 0.702. The van der Waals surface area contributed by atoms with E-state index in [2.05, 4.69) is 37.1 Å². The highest BCUT2D eigenvalue weighted by Crippen LogP contribution is 2.39. The number of hydrogen-bond donors (Lipinski definition) is 1. The van der Waals surface area contributed by atoms with Crippen LogP contribution in [-0.4, -0.2) is 74.3 Å². The Morgan fingerprint density at radius 1 is 1.03 bits per heavy atom. The van der Waals surface area contributed by atoms with Gasteiger partial charge in [0.25, 0.3) is 5.91 Å². The molecule has 2 heterocycles. The van der Waals surface area contributed by atoms with Crippen LogP contribution >= 0.6 is 0 Å². The molecule has 0 radical (unpaired) electrons. The predicted octanol–water partition coefficient (Wildman–Crippen LogP) is 4.99. The summed E-state index contributed by atoms with van der Waals surface area (Å²) in [6.07, 6.45) is -2.55. The molecule has 2 aliphatic rings. The average Bonchev–Trinajstić information content (AvgIpc) is 3.51. The molecule has 0 spiro atoms. The Morgan fingerprint density at radius 2 is 1.76 bits per heavy atom. The Bertz CT molecular complexity index is 1110. The fourth-order valence-electron chi connectivity index (χ4n) is 5.69. The molecule has 1 N–H and O–H groups in total. The molecule has 0 unspecified atom stereocenters. The number of methoxy groups -OCH3 is 1. The van der Waals surface area contributed by atoms with Gasteiger partial charge < -0.3 is 19.7 Å². The summed E-state index contributed by atoms with van der Waals surface area (Å²) in [5.41, 5.74) is 3.16. The second kappa shape index (κ2) is 12.1.